The van der Waals surface area contributed by atoms with E-state index in [1.165, 1.54) is 6.07 Å². The Morgan fingerprint density at radius 3 is 2.16 bits per heavy atom. The molecule has 0 aliphatic heterocycles. The van der Waals surface area contributed by atoms with Crippen LogP contribution in [0.4, 0.5) is 0 Å². The van der Waals surface area contributed by atoms with Gasteiger partial charge in [0.2, 0.25) is 0 Å². The first kappa shape index (κ1) is 17.4. The highest BCUT2D eigenvalue weighted by atomic mass is 35.5. The zero-order chi connectivity index (χ0) is 14.6. The molecule has 108 valence electrons. The average Bonchev–Trinajstić information content (AvgIpc) is 2.29. The summed E-state index contributed by atoms with van der Waals surface area (Å²) >= 11 is 23.4. The van der Waals surface area contributed by atoms with Crippen LogP contribution < -0.4 is 4.52 Å². The summed E-state index contributed by atoms with van der Waals surface area (Å²) in [6.07, 6.45) is 0.935. The van der Waals surface area contributed by atoms with E-state index >= 15 is 0 Å². The van der Waals surface area contributed by atoms with Crippen LogP contribution in [-0.2, 0) is 17.4 Å². The van der Waals surface area contributed by atoms with E-state index in [9.17, 15) is 4.57 Å². The normalized spacial score (nSPS) is 11.7. The van der Waals surface area contributed by atoms with Gasteiger partial charge in [0.15, 0.2) is 5.75 Å². The molecule has 0 unspecified atom stereocenters. The summed E-state index contributed by atoms with van der Waals surface area (Å²) in [5.41, 5.74) is 1.41. The number of alkyl halides is 2. The molecule has 19 heavy (non-hydrogen) atoms. The summed E-state index contributed by atoms with van der Waals surface area (Å²) in [7, 11) is -4.71. The van der Waals surface area contributed by atoms with Crippen molar-refractivity contribution in [3.63, 3.8) is 0 Å². The van der Waals surface area contributed by atoms with Gasteiger partial charge in [0.1, 0.15) is 5.02 Å². The summed E-state index contributed by atoms with van der Waals surface area (Å²) in [5, 5.41) is 0.122. The SMILES string of the molecule is O=P(O)(O)Oc1cc(CCCl)c(CCCl)c(Cl)c1Cl. The van der Waals surface area contributed by atoms with Gasteiger partial charge >= 0.3 is 7.82 Å². The Morgan fingerprint density at radius 1 is 1.11 bits per heavy atom. The quantitative estimate of drug-likeness (QED) is 0.588. The van der Waals surface area contributed by atoms with Gasteiger partial charge in [0, 0.05) is 11.8 Å². The maximum absolute atomic E-state index is 10.9. The fourth-order valence-electron chi connectivity index (χ4n) is 1.57. The van der Waals surface area contributed by atoms with Gasteiger partial charge in [-0.2, -0.15) is 0 Å². The van der Waals surface area contributed by atoms with Crippen molar-refractivity contribution < 1.29 is 18.9 Å². The Morgan fingerprint density at radius 2 is 1.68 bits per heavy atom. The highest BCUT2D eigenvalue weighted by Crippen LogP contribution is 2.45. The standard InChI is InChI=1S/C10H11Cl4O4P/c11-3-1-6-5-8(18-19(15,16)17)10(14)9(13)7(6)2-4-12/h5H,1-4H2,(H2,15,16,17). The van der Waals surface area contributed by atoms with Gasteiger partial charge < -0.3 is 4.52 Å². The lowest BCUT2D eigenvalue weighted by Gasteiger charge is -2.16. The maximum Gasteiger partial charge on any atom is 0.524 e. The van der Waals surface area contributed by atoms with Crippen LogP contribution in [0.1, 0.15) is 11.1 Å². The van der Waals surface area contributed by atoms with Crippen LogP contribution in [0.2, 0.25) is 10.0 Å². The van der Waals surface area contributed by atoms with Crippen LogP contribution in [0.25, 0.3) is 0 Å². The third kappa shape index (κ3) is 4.98. The molecule has 0 amide bonds. The predicted molar refractivity (Wildman–Crippen MR) is 78.0 cm³/mol. The van der Waals surface area contributed by atoms with Crippen LogP contribution in [0.3, 0.4) is 0 Å². The first-order valence-corrected chi connectivity index (χ1v) is 8.52. The van der Waals surface area contributed by atoms with Crippen LogP contribution >= 0.6 is 54.2 Å². The lowest BCUT2D eigenvalue weighted by atomic mass is 10.0. The van der Waals surface area contributed by atoms with Crippen molar-refractivity contribution >= 4 is 54.2 Å². The van der Waals surface area contributed by atoms with Gasteiger partial charge in [-0.3, -0.25) is 9.79 Å². The van der Waals surface area contributed by atoms with Gasteiger partial charge in [-0.1, -0.05) is 23.2 Å². The van der Waals surface area contributed by atoms with Gasteiger partial charge in [0.05, 0.1) is 5.02 Å². The summed E-state index contributed by atoms with van der Waals surface area (Å²) in [5.74, 6) is 0.491. The highest BCUT2D eigenvalue weighted by molar-refractivity contribution is 7.46. The van der Waals surface area contributed by atoms with Crippen molar-refractivity contribution in [1.82, 2.24) is 0 Å². The fraction of sp³-hybridized carbons (Fsp3) is 0.400. The Kier molecular flexibility index (Phi) is 6.74. The minimum absolute atomic E-state index is 0.0524. The molecule has 1 aromatic carbocycles. The number of halogens is 4. The lowest BCUT2D eigenvalue weighted by Crippen LogP contribution is -2.01. The molecule has 0 heterocycles. The molecule has 1 aromatic rings. The molecule has 2 N–H and O–H groups in total. The Labute approximate surface area is 130 Å². The summed E-state index contributed by atoms with van der Waals surface area (Å²) < 4.78 is 15.4. The topological polar surface area (TPSA) is 66.8 Å². The second-order valence-electron chi connectivity index (χ2n) is 3.60. The molecule has 0 aromatic heterocycles. The number of hydrogen-bond acceptors (Lipinski definition) is 2. The first-order valence-electron chi connectivity index (χ1n) is 5.17. The Hall–Kier alpha value is 0.330. The molecule has 0 saturated heterocycles. The predicted octanol–water partition coefficient (Wildman–Crippen LogP) is 4.03. The molecule has 0 aliphatic carbocycles. The molecule has 4 nitrogen and oxygen atoms in total. The lowest BCUT2D eigenvalue weighted by molar-refractivity contribution is 0.283. The molecular formula is C10H11Cl4O4P. The largest absolute Gasteiger partial charge is 0.524 e. The monoisotopic (exact) mass is 366 g/mol. The summed E-state index contributed by atoms with van der Waals surface area (Å²) in [4.78, 5) is 17.6. The molecular weight excluding hydrogens is 357 g/mol. The van der Waals surface area contributed by atoms with Crippen molar-refractivity contribution in [2.75, 3.05) is 11.8 Å². The van der Waals surface area contributed by atoms with Crippen molar-refractivity contribution in [3.05, 3.63) is 27.2 Å². The fourth-order valence-corrected chi connectivity index (χ4v) is 2.94. The smallest absolute Gasteiger partial charge is 0.403 e. The zero-order valence-electron chi connectivity index (χ0n) is 9.58. The van der Waals surface area contributed by atoms with E-state index in [-0.39, 0.29) is 15.8 Å². The molecule has 0 saturated carbocycles. The van der Waals surface area contributed by atoms with E-state index in [0.717, 1.165) is 0 Å². The van der Waals surface area contributed by atoms with Gasteiger partial charge in [-0.25, -0.2) is 4.57 Å². The van der Waals surface area contributed by atoms with E-state index in [1.807, 2.05) is 0 Å². The number of hydrogen-bond donors (Lipinski definition) is 2. The van der Waals surface area contributed by atoms with E-state index in [1.54, 1.807) is 0 Å². The number of rotatable bonds is 6. The second kappa shape index (κ2) is 7.37. The van der Waals surface area contributed by atoms with E-state index in [0.29, 0.717) is 35.7 Å². The molecule has 0 bridgehead atoms. The van der Waals surface area contributed by atoms with Gasteiger partial charge in [0.25, 0.3) is 0 Å². The summed E-state index contributed by atoms with van der Waals surface area (Å²) in [6.45, 7) is 0. The second-order valence-corrected chi connectivity index (χ2v) is 6.28. The number of benzene rings is 1. The van der Waals surface area contributed by atoms with Crippen molar-refractivity contribution in [3.8, 4) is 5.75 Å². The molecule has 0 aliphatic rings. The minimum atomic E-state index is -4.71. The zero-order valence-corrected chi connectivity index (χ0v) is 13.5. The van der Waals surface area contributed by atoms with Crippen molar-refractivity contribution in [2.24, 2.45) is 0 Å². The van der Waals surface area contributed by atoms with E-state index < -0.39 is 7.82 Å². The molecule has 1 rings (SSSR count). The minimum Gasteiger partial charge on any atom is -0.403 e. The molecule has 0 fully saturated rings. The van der Waals surface area contributed by atoms with Crippen molar-refractivity contribution in [1.29, 1.82) is 0 Å². The Bertz CT molecular complexity index is 503. The van der Waals surface area contributed by atoms with Crippen molar-refractivity contribution in [2.45, 2.75) is 12.8 Å². The molecule has 0 spiro atoms. The summed E-state index contributed by atoms with van der Waals surface area (Å²) in [6, 6.07) is 1.43. The van der Waals surface area contributed by atoms with Crippen LogP contribution in [0, 0.1) is 0 Å². The van der Waals surface area contributed by atoms with Crippen LogP contribution in [0.5, 0.6) is 5.75 Å². The molecule has 9 heteroatoms. The third-order valence-electron chi connectivity index (χ3n) is 2.29. The molecule has 0 radical (unpaired) electrons. The number of phosphoric acid groups is 1. The Balaban J connectivity index is 3.32. The number of phosphoric ester groups is 1. The maximum atomic E-state index is 10.9. The van der Waals surface area contributed by atoms with E-state index in [4.69, 9.17) is 56.2 Å². The average molecular weight is 368 g/mol. The van der Waals surface area contributed by atoms with Crippen LogP contribution in [0.15, 0.2) is 6.07 Å². The van der Waals surface area contributed by atoms with Gasteiger partial charge in [-0.15, -0.1) is 23.2 Å². The third-order valence-corrected chi connectivity index (χ3v) is 3.99. The van der Waals surface area contributed by atoms with E-state index in [2.05, 4.69) is 4.52 Å². The molecule has 0 atom stereocenters. The highest BCUT2D eigenvalue weighted by Gasteiger charge is 2.22. The number of aryl methyl sites for hydroxylation is 1. The van der Waals surface area contributed by atoms with Crippen LogP contribution in [-0.4, -0.2) is 21.5 Å². The first-order chi connectivity index (χ1) is 8.80. The van der Waals surface area contributed by atoms with Gasteiger partial charge in [-0.05, 0) is 30.0 Å².